The van der Waals surface area contributed by atoms with E-state index in [0.29, 0.717) is 11.9 Å². The molecule has 0 saturated heterocycles. The lowest BCUT2D eigenvalue weighted by atomic mass is 10.1. The third-order valence-corrected chi connectivity index (χ3v) is 3.82. The number of hydrogen-bond acceptors (Lipinski definition) is 5. The van der Waals surface area contributed by atoms with Gasteiger partial charge in [0.25, 0.3) is 0 Å². The first-order chi connectivity index (χ1) is 11.7. The van der Waals surface area contributed by atoms with E-state index in [1.165, 1.54) is 0 Å². The Morgan fingerprint density at radius 1 is 1.08 bits per heavy atom. The second kappa shape index (κ2) is 5.88. The molecule has 4 rings (SSSR count). The van der Waals surface area contributed by atoms with Gasteiger partial charge in [-0.3, -0.25) is 4.98 Å². The largest absolute Gasteiger partial charge is 0.353 e. The zero-order valence-corrected chi connectivity index (χ0v) is 13.6. The first-order valence-electron chi connectivity index (χ1n) is 8.01. The van der Waals surface area contributed by atoms with Gasteiger partial charge in [-0.2, -0.15) is 0 Å². The van der Waals surface area contributed by atoms with Crippen molar-refractivity contribution < 1.29 is 0 Å². The predicted octanol–water partition coefficient (Wildman–Crippen LogP) is 3.41. The summed E-state index contributed by atoms with van der Waals surface area (Å²) in [7, 11) is 0. The number of hydrogen-bond donors (Lipinski definition) is 1. The molecule has 0 aromatic carbocycles. The first-order valence-corrected chi connectivity index (χ1v) is 8.01. The molecule has 0 unspecified atom stereocenters. The molecule has 0 spiro atoms. The highest BCUT2D eigenvalue weighted by Gasteiger charge is 2.10. The minimum absolute atomic E-state index is 0.542. The van der Waals surface area contributed by atoms with Gasteiger partial charge in [-0.05, 0) is 36.2 Å². The van der Waals surface area contributed by atoms with Crippen LogP contribution in [0.3, 0.4) is 0 Å². The summed E-state index contributed by atoms with van der Waals surface area (Å²) >= 11 is 0. The molecule has 1 N–H and O–H groups in total. The van der Waals surface area contributed by atoms with E-state index in [2.05, 4.69) is 34.2 Å². The number of fused-ring (bicyclic) bond motifs is 2. The van der Waals surface area contributed by atoms with Gasteiger partial charge in [0.05, 0.1) is 28.4 Å². The fraction of sp³-hybridized carbons (Fsp3) is 0.222. The maximum absolute atomic E-state index is 4.70. The van der Waals surface area contributed by atoms with E-state index in [0.717, 1.165) is 34.4 Å². The van der Waals surface area contributed by atoms with Crippen LogP contribution in [0, 0.1) is 5.92 Å². The zero-order chi connectivity index (χ0) is 16.5. The molecule has 4 aromatic rings. The second-order valence-corrected chi connectivity index (χ2v) is 6.15. The highest BCUT2D eigenvalue weighted by atomic mass is 15.3. The SMILES string of the molecule is CC(C)CNc1ncc2c(-c3ccc4ncccc4n3)ccn2n1. The quantitative estimate of drug-likeness (QED) is 0.624. The summed E-state index contributed by atoms with van der Waals surface area (Å²) in [4.78, 5) is 13.4. The van der Waals surface area contributed by atoms with Crippen LogP contribution in [0.4, 0.5) is 5.95 Å². The van der Waals surface area contributed by atoms with E-state index in [9.17, 15) is 0 Å². The van der Waals surface area contributed by atoms with Crippen molar-refractivity contribution in [3.05, 3.63) is 48.9 Å². The van der Waals surface area contributed by atoms with E-state index in [1.807, 2.05) is 47.2 Å². The highest BCUT2D eigenvalue weighted by Crippen LogP contribution is 2.25. The molecule has 120 valence electrons. The summed E-state index contributed by atoms with van der Waals surface area (Å²) in [6.07, 6.45) is 5.54. The van der Waals surface area contributed by atoms with Crippen LogP contribution in [0.25, 0.3) is 27.8 Å². The molecule has 6 heteroatoms. The number of aromatic nitrogens is 5. The Morgan fingerprint density at radius 2 is 2.00 bits per heavy atom. The Balaban J connectivity index is 1.73. The number of anilines is 1. The first kappa shape index (κ1) is 14.6. The number of pyridine rings is 2. The monoisotopic (exact) mass is 318 g/mol. The van der Waals surface area contributed by atoms with Crippen molar-refractivity contribution in [3.8, 4) is 11.3 Å². The molecule has 0 atom stereocenters. The van der Waals surface area contributed by atoms with Crippen LogP contribution in [-0.4, -0.2) is 31.1 Å². The van der Waals surface area contributed by atoms with Gasteiger partial charge in [-0.1, -0.05) is 13.8 Å². The van der Waals surface area contributed by atoms with Crippen molar-refractivity contribution in [1.29, 1.82) is 0 Å². The molecule has 0 fully saturated rings. The molecule has 0 radical (unpaired) electrons. The van der Waals surface area contributed by atoms with Crippen molar-refractivity contribution in [2.75, 3.05) is 11.9 Å². The molecule has 0 aliphatic rings. The van der Waals surface area contributed by atoms with Gasteiger partial charge in [-0.15, -0.1) is 5.10 Å². The Bertz CT molecular complexity index is 1000. The Hall–Kier alpha value is -3.02. The average molecular weight is 318 g/mol. The Kier molecular flexibility index (Phi) is 3.57. The van der Waals surface area contributed by atoms with Crippen molar-refractivity contribution in [3.63, 3.8) is 0 Å². The summed E-state index contributed by atoms with van der Waals surface area (Å²) in [5.74, 6) is 1.17. The van der Waals surface area contributed by atoms with Gasteiger partial charge in [0.1, 0.15) is 0 Å². The fourth-order valence-electron chi connectivity index (χ4n) is 2.60. The topological polar surface area (TPSA) is 68.0 Å². The standard InChI is InChI=1S/C18H18N6/c1-12(2)10-20-18-21-11-17-13(7-9-24(17)23-18)14-5-6-15-16(22-14)4-3-8-19-15/h3-9,11-12H,10H2,1-2H3,(H,20,23). The molecule has 4 heterocycles. The van der Waals surface area contributed by atoms with Gasteiger partial charge in [0.2, 0.25) is 5.95 Å². The van der Waals surface area contributed by atoms with Crippen LogP contribution >= 0.6 is 0 Å². The van der Waals surface area contributed by atoms with E-state index >= 15 is 0 Å². The summed E-state index contributed by atoms with van der Waals surface area (Å²) in [6.45, 7) is 5.15. The van der Waals surface area contributed by atoms with Gasteiger partial charge in [0, 0.05) is 24.5 Å². The Morgan fingerprint density at radius 3 is 2.88 bits per heavy atom. The normalized spacial score (nSPS) is 11.5. The number of rotatable bonds is 4. The van der Waals surface area contributed by atoms with Crippen LogP contribution in [0.2, 0.25) is 0 Å². The molecule has 0 amide bonds. The summed E-state index contributed by atoms with van der Waals surface area (Å²) in [6, 6.07) is 9.85. The van der Waals surface area contributed by atoms with Crippen molar-refractivity contribution in [2.45, 2.75) is 13.8 Å². The van der Waals surface area contributed by atoms with E-state index in [1.54, 1.807) is 6.20 Å². The van der Waals surface area contributed by atoms with Gasteiger partial charge >= 0.3 is 0 Å². The molecule has 0 aliphatic heterocycles. The minimum Gasteiger partial charge on any atom is -0.353 e. The third kappa shape index (κ3) is 2.67. The maximum Gasteiger partial charge on any atom is 0.241 e. The lowest BCUT2D eigenvalue weighted by Crippen LogP contribution is -2.11. The maximum atomic E-state index is 4.70. The highest BCUT2D eigenvalue weighted by molar-refractivity contribution is 5.83. The molecular weight excluding hydrogens is 300 g/mol. The Labute approximate surface area is 139 Å². The lowest BCUT2D eigenvalue weighted by Gasteiger charge is -2.07. The van der Waals surface area contributed by atoms with Gasteiger partial charge in [0.15, 0.2) is 0 Å². The summed E-state index contributed by atoms with van der Waals surface area (Å²) in [5, 5.41) is 7.75. The third-order valence-electron chi connectivity index (χ3n) is 3.82. The zero-order valence-electron chi connectivity index (χ0n) is 13.6. The summed E-state index contributed by atoms with van der Waals surface area (Å²) in [5.41, 5.74) is 4.60. The molecule has 4 aromatic heterocycles. The molecule has 0 saturated carbocycles. The van der Waals surface area contributed by atoms with Crippen LogP contribution in [0.5, 0.6) is 0 Å². The molecule has 0 bridgehead atoms. The van der Waals surface area contributed by atoms with Gasteiger partial charge < -0.3 is 5.32 Å². The smallest absolute Gasteiger partial charge is 0.241 e. The van der Waals surface area contributed by atoms with E-state index in [4.69, 9.17) is 4.98 Å². The molecular formula is C18H18N6. The van der Waals surface area contributed by atoms with Crippen LogP contribution in [-0.2, 0) is 0 Å². The van der Waals surface area contributed by atoms with Crippen LogP contribution in [0.1, 0.15) is 13.8 Å². The lowest BCUT2D eigenvalue weighted by molar-refractivity contribution is 0.681. The molecule has 6 nitrogen and oxygen atoms in total. The minimum atomic E-state index is 0.542. The fourth-order valence-corrected chi connectivity index (χ4v) is 2.60. The second-order valence-electron chi connectivity index (χ2n) is 6.15. The van der Waals surface area contributed by atoms with E-state index < -0.39 is 0 Å². The predicted molar refractivity (Wildman–Crippen MR) is 94.8 cm³/mol. The number of nitrogens with one attached hydrogen (secondary N) is 1. The van der Waals surface area contributed by atoms with Crippen molar-refractivity contribution in [2.24, 2.45) is 5.92 Å². The number of nitrogens with zero attached hydrogens (tertiary/aromatic N) is 5. The van der Waals surface area contributed by atoms with Gasteiger partial charge in [-0.25, -0.2) is 14.5 Å². The summed E-state index contributed by atoms with van der Waals surface area (Å²) < 4.78 is 1.83. The van der Waals surface area contributed by atoms with Crippen molar-refractivity contribution >= 4 is 22.5 Å². The molecule has 24 heavy (non-hydrogen) atoms. The molecule has 0 aliphatic carbocycles. The van der Waals surface area contributed by atoms with Crippen molar-refractivity contribution in [1.82, 2.24) is 24.6 Å². The van der Waals surface area contributed by atoms with E-state index in [-0.39, 0.29) is 0 Å². The van der Waals surface area contributed by atoms with Crippen LogP contribution < -0.4 is 5.32 Å². The average Bonchev–Trinajstić information content (AvgIpc) is 3.02. The van der Waals surface area contributed by atoms with Crippen LogP contribution in [0.15, 0.2) is 48.9 Å².